The molecule has 4 aromatic rings. The SMILES string of the molecule is COc1cccc(-c2nnc(CNc3ccc(OCc4ccccc4)cc3)o2)c1. The number of nitrogens with zero attached hydrogens (tertiary/aromatic N) is 2. The highest BCUT2D eigenvalue weighted by Gasteiger charge is 2.09. The maximum Gasteiger partial charge on any atom is 0.247 e. The van der Waals surface area contributed by atoms with Crippen molar-refractivity contribution in [3.8, 4) is 23.0 Å². The fourth-order valence-electron chi connectivity index (χ4n) is 2.79. The van der Waals surface area contributed by atoms with Crippen LogP contribution in [0.15, 0.2) is 83.3 Å². The van der Waals surface area contributed by atoms with Gasteiger partial charge in [0.25, 0.3) is 0 Å². The third kappa shape index (κ3) is 4.93. The predicted molar refractivity (Wildman–Crippen MR) is 111 cm³/mol. The highest BCUT2D eigenvalue weighted by molar-refractivity contribution is 5.55. The zero-order valence-corrected chi connectivity index (χ0v) is 16.0. The van der Waals surface area contributed by atoms with Gasteiger partial charge in [-0.05, 0) is 48.0 Å². The summed E-state index contributed by atoms with van der Waals surface area (Å²) in [5.74, 6) is 2.53. The van der Waals surface area contributed by atoms with E-state index >= 15 is 0 Å². The van der Waals surface area contributed by atoms with Gasteiger partial charge in [-0.1, -0.05) is 36.4 Å². The molecule has 0 atom stereocenters. The van der Waals surface area contributed by atoms with Crippen LogP contribution in [0.5, 0.6) is 11.5 Å². The maximum atomic E-state index is 5.80. The molecule has 0 amide bonds. The third-order valence-corrected chi connectivity index (χ3v) is 4.33. The van der Waals surface area contributed by atoms with Crippen LogP contribution in [0.2, 0.25) is 0 Å². The molecule has 0 aliphatic carbocycles. The van der Waals surface area contributed by atoms with Gasteiger partial charge in [0.05, 0.1) is 13.7 Å². The summed E-state index contributed by atoms with van der Waals surface area (Å²) in [6.45, 7) is 0.976. The molecule has 1 heterocycles. The second kappa shape index (κ2) is 8.93. The zero-order chi connectivity index (χ0) is 19.9. The normalized spacial score (nSPS) is 10.5. The lowest BCUT2D eigenvalue weighted by Gasteiger charge is -2.08. The van der Waals surface area contributed by atoms with Gasteiger partial charge in [0.2, 0.25) is 11.8 Å². The van der Waals surface area contributed by atoms with Gasteiger partial charge in [0.15, 0.2) is 0 Å². The Morgan fingerprint density at radius 1 is 0.862 bits per heavy atom. The lowest BCUT2D eigenvalue weighted by Crippen LogP contribution is -2.00. The molecule has 0 saturated heterocycles. The van der Waals surface area contributed by atoms with Crippen LogP contribution in [0, 0.1) is 0 Å². The van der Waals surface area contributed by atoms with Crippen molar-refractivity contribution < 1.29 is 13.9 Å². The van der Waals surface area contributed by atoms with Crippen LogP contribution in [0.25, 0.3) is 11.5 Å². The topological polar surface area (TPSA) is 69.4 Å². The van der Waals surface area contributed by atoms with Crippen molar-refractivity contribution in [3.63, 3.8) is 0 Å². The molecule has 0 bridgehead atoms. The molecule has 0 aliphatic rings. The predicted octanol–water partition coefficient (Wildman–Crippen LogP) is 4.94. The van der Waals surface area contributed by atoms with Crippen LogP contribution in [0.3, 0.4) is 0 Å². The van der Waals surface area contributed by atoms with Crippen LogP contribution >= 0.6 is 0 Å². The second-order valence-electron chi connectivity index (χ2n) is 6.39. The first-order valence-corrected chi connectivity index (χ1v) is 9.27. The Morgan fingerprint density at radius 3 is 2.48 bits per heavy atom. The molecule has 4 rings (SSSR count). The molecule has 0 spiro atoms. The van der Waals surface area contributed by atoms with Gasteiger partial charge >= 0.3 is 0 Å². The van der Waals surface area contributed by atoms with Gasteiger partial charge < -0.3 is 19.2 Å². The van der Waals surface area contributed by atoms with Gasteiger partial charge in [-0.15, -0.1) is 10.2 Å². The Kier molecular flexibility index (Phi) is 5.71. The lowest BCUT2D eigenvalue weighted by molar-refractivity contribution is 0.306. The van der Waals surface area contributed by atoms with Crippen molar-refractivity contribution in [3.05, 3.63) is 90.3 Å². The number of methoxy groups -OCH3 is 1. The molecule has 0 unspecified atom stereocenters. The molecule has 146 valence electrons. The summed E-state index contributed by atoms with van der Waals surface area (Å²) in [6.07, 6.45) is 0. The molecular formula is C23H21N3O3. The van der Waals surface area contributed by atoms with E-state index in [1.807, 2.05) is 78.9 Å². The number of nitrogens with one attached hydrogen (secondary N) is 1. The molecule has 6 heteroatoms. The fourth-order valence-corrected chi connectivity index (χ4v) is 2.79. The minimum Gasteiger partial charge on any atom is -0.497 e. The van der Waals surface area contributed by atoms with Crippen molar-refractivity contribution >= 4 is 5.69 Å². The third-order valence-electron chi connectivity index (χ3n) is 4.33. The molecule has 0 aliphatic heterocycles. The van der Waals surface area contributed by atoms with E-state index in [0.717, 1.165) is 28.3 Å². The summed E-state index contributed by atoms with van der Waals surface area (Å²) in [7, 11) is 1.63. The molecule has 0 radical (unpaired) electrons. The van der Waals surface area contributed by atoms with Crippen molar-refractivity contribution in [2.24, 2.45) is 0 Å². The quantitative estimate of drug-likeness (QED) is 0.462. The standard InChI is InChI=1S/C23H21N3O3/c1-27-21-9-5-8-18(14-21)23-26-25-22(29-23)15-24-19-10-12-20(13-11-19)28-16-17-6-3-2-4-7-17/h2-14,24H,15-16H2,1H3. The first kappa shape index (κ1) is 18.6. The summed E-state index contributed by atoms with van der Waals surface area (Å²) in [6, 6.07) is 25.4. The Labute approximate surface area is 169 Å². The number of hydrogen-bond donors (Lipinski definition) is 1. The summed E-state index contributed by atoms with van der Waals surface area (Å²) < 4.78 is 16.8. The van der Waals surface area contributed by atoms with E-state index in [-0.39, 0.29) is 0 Å². The number of ether oxygens (including phenoxy) is 2. The summed E-state index contributed by atoms with van der Waals surface area (Å²) in [5, 5.41) is 11.5. The minimum absolute atomic E-state index is 0.432. The molecule has 6 nitrogen and oxygen atoms in total. The van der Waals surface area contributed by atoms with Crippen molar-refractivity contribution in [1.29, 1.82) is 0 Å². The highest BCUT2D eigenvalue weighted by Crippen LogP contribution is 2.23. The maximum absolute atomic E-state index is 5.80. The molecular weight excluding hydrogens is 366 g/mol. The molecule has 3 aromatic carbocycles. The molecule has 1 aromatic heterocycles. The monoisotopic (exact) mass is 387 g/mol. The Balaban J connectivity index is 1.32. The molecule has 1 N–H and O–H groups in total. The van der Waals surface area contributed by atoms with E-state index in [2.05, 4.69) is 15.5 Å². The van der Waals surface area contributed by atoms with Gasteiger partial charge in [-0.25, -0.2) is 0 Å². The van der Waals surface area contributed by atoms with Gasteiger partial charge in [-0.3, -0.25) is 0 Å². The van der Waals surface area contributed by atoms with E-state index in [9.17, 15) is 0 Å². The smallest absolute Gasteiger partial charge is 0.247 e. The average Bonchev–Trinajstić information content (AvgIpc) is 3.27. The fraction of sp³-hybridized carbons (Fsp3) is 0.130. The summed E-state index contributed by atoms with van der Waals surface area (Å²) in [4.78, 5) is 0. The number of aromatic nitrogens is 2. The first-order chi connectivity index (χ1) is 14.3. The summed E-state index contributed by atoms with van der Waals surface area (Å²) in [5.41, 5.74) is 2.90. The Bertz CT molecular complexity index is 1050. The van der Waals surface area contributed by atoms with Crippen molar-refractivity contribution in [2.45, 2.75) is 13.2 Å². The van der Waals surface area contributed by atoms with Crippen LogP contribution < -0.4 is 14.8 Å². The number of benzene rings is 3. The van der Waals surface area contributed by atoms with Crippen LogP contribution in [0.1, 0.15) is 11.5 Å². The number of hydrogen-bond acceptors (Lipinski definition) is 6. The van der Waals surface area contributed by atoms with Crippen LogP contribution in [-0.2, 0) is 13.2 Å². The number of rotatable bonds is 8. The molecule has 0 fully saturated rings. The molecule has 0 saturated carbocycles. The van der Waals surface area contributed by atoms with E-state index in [1.54, 1.807) is 7.11 Å². The van der Waals surface area contributed by atoms with E-state index in [4.69, 9.17) is 13.9 Å². The van der Waals surface area contributed by atoms with Crippen LogP contribution in [-0.4, -0.2) is 17.3 Å². The van der Waals surface area contributed by atoms with E-state index < -0.39 is 0 Å². The van der Waals surface area contributed by atoms with Crippen LogP contribution in [0.4, 0.5) is 5.69 Å². The highest BCUT2D eigenvalue weighted by atomic mass is 16.5. The second-order valence-corrected chi connectivity index (χ2v) is 6.39. The van der Waals surface area contributed by atoms with Gasteiger partial charge in [0, 0.05) is 11.3 Å². The minimum atomic E-state index is 0.432. The van der Waals surface area contributed by atoms with Gasteiger partial charge in [-0.2, -0.15) is 0 Å². The zero-order valence-electron chi connectivity index (χ0n) is 16.0. The van der Waals surface area contributed by atoms with E-state index in [0.29, 0.717) is 24.9 Å². The summed E-state index contributed by atoms with van der Waals surface area (Å²) >= 11 is 0. The average molecular weight is 387 g/mol. The molecule has 29 heavy (non-hydrogen) atoms. The Hall–Kier alpha value is -3.80. The number of anilines is 1. The van der Waals surface area contributed by atoms with E-state index in [1.165, 1.54) is 0 Å². The Morgan fingerprint density at radius 2 is 1.69 bits per heavy atom. The first-order valence-electron chi connectivity index (χ1n) is 9.27. The largest absolute Gasteiger partial charge is 0.497 e. The van der Waals surface area contributed by atoms with Gasteiger partial charge in [0.1, 0.15) is 18.1 Å². The van der Waals surface area contributed by atoms with Crippen molar-refractivity contribution in [1.82, 2.24) is 10.2 Å². The lowest BCUT2D eigenvalue weighted by atomic mass is 10.2. The van der Waals surface area contributed by atoms with Crippen molar-refractivity contribution in [2.75, 3.05) is 12.4 Å².